The van der Waals surface area contributed by atoms with Crippen LogP contribution in [0.3, 0.4) is 0 Å². The number of hydrogen-bond acceptors (Lipinski definition) is 0. The first-order valence-corrected chi connectivity index (χ1v) is 34.0. The molecule has 2 nitrogen and oxygen atoms in total. The van der Waals surface area contributed by atoms with E-state index in [1.165, 1.54) is 249 Å². The summed E-state index contributed by atoms with van der Waals surface area (Å²) in [5.74, 6) is 2.36. The topological polar surface area (TPSA) is 8.82 Å². The fraction of sp³-hybridized carbons (Fsp3) is 0.488. The molecule has 0 atom stereocenters. The number of aromatic nitrogens is 2. The Morgan fingerprint density at radius 2 is 0.571 bits per heavy atom. The Labute approximate surface area is 502 Å². The van der Waals surface area contributed by atoms with E-state index in [-0.39, 0.29) is 21.7 Å². The summed E-state index contributed by atoms with van der Waals surface area (Å²) < 4.78 is 5.83. The van der Waals surface area contributed by atoms with Crippen LogP contribution >= 0.6 is 0 Å². The Morgan fingerprint density at radius 1 is 0.274 bits per heavy atom. The zero-order chi connectivity index (χ0) is 57.9. The summed E-state index contributed by atoms with van der Waals surface area (Å²) in [5.41, 5.74) is 26.4. The van der Waals surface area contributed by atoms with Crippen LogP contribution in [0.5, 0.6) is 0 Å². The normalized spacial score (nSPS) is 18.5. The maximum Gasteiger partial charge on any atom is 0.0634 e. The second-order valence-corrected chi connectivity index (χ2v) is 32.3. The van der Waals surface area contributed by atoms with E-state index in [1.807, 2.05) is 0 Å². The van der Waals surface area contributed by atoms with Crippen LogP contribution in [0.4, 0.5) is 0 Å². The van der Waals surface area contributed by atoms with Crippen molar-refractivity contribution in [1.82, 2.24) is 8.80 Å². The van der Waals surface area contributed by atoms with Gasteiger partial charge in [0.2, 0.25) is 0 Å². The van der Waals surface area contributed by atoms with Gasteiger partial charge < -0.3 is 8.80 Å². The Morgan fingerprint density at radius 3 is 0.881 bits per heavy atom. The predicted molar refractivity (Wildman–Crippen MR) is 365 cm³/mol. The van der Waals surface area contributed by atoms with E-state index in [0.29, 0.717) is 23.7 Å². The molecule has 4 aromatic heterocycles. The lowest BCUT2D eigenvalue weighted by Gasteiger charge is -2.27. The molecule has 0 N–H and O–H groups in total. The van der Waals surface area contributed by atoms with Crippen LogP contribution in [0.1, 0.15) is 280 Å². The molecule has 15 rings (SSSR count). The predicted octanol–water partition coefficient (Wildman–Crippen LogP) is 24.7. The molecule has 4 fully saturated rings. The van der Waals surface area contributed by atoms with Crippen LogP contribution in [-0.2, 0) is 21.7 Å². The largest absolute Gasteiger partial charge is 0.308 e. The van der Waals surface area contributed by atoms with Crippen LogP contribution < -0.4 is 0 Å². The number of nitrogens with zero attached hydrogens (tertiary/aromatic N) is 2. The van der Waals surface area contributed by atoms with Crippen molar-refractivity contribution in [3.05, 3.63) is 142 Å². The van der Waals surface area contributed by atoms with E-state index in [9.17, 15) is 0 Å². The Balaban J connectivity index is 1.15. The van der Waals surface area contributed by atoms with E-state index < -0.39 is 0 Å². The van der Waals surface area contributed by atoms with Crippen LogP contribution in [0.2, 0.25) is 0 Å². The Bertz CT molecular complexity index is 4010. The molecule has 0 aliphatic heterocycles. The van der Waals surface area contributed by atoms with Gasteiger partial charge in [0.15, 0.2) is 0 Å². The lowest BCUT2D eigenvalue weighted by Crippen LogP contribution is -2.16. The van der Waals surface area contributed by atoms with E-state index in [2.05, 4.69) is 189 Å². The van der Waals surface area contributed by atoms with Gasteiger partial charge in [0, 0.05) is 43.1 Å². The molecule has 4 aliphatic rings. The third-order valence-corrected chi connectivity index (χ3v) is 22.5. The molecular weight excluding hydrogens is 1010 g/mol. The summed E-state index contributed by atoms with van der Waals surface area (Å²) in [7, 11) is 0. The van der Waals surface area contributed by atoms with Crippen LogP contribution in [0.25, 0.3) is 98.4 Å². The van der Waals surface area contributed by atoms with Crippen LogP contribution in [0.15, 0.2) is 97.1 Å². The molecular formula is C82H96N2. The molecule has 4 saturated carbocycles. The molecule has 4 heterocycles. The van der Waals surface area contributed by atoms with Crippen molar-refractivity contribution in [3.8, 4) is 22.3 Å². The van der Waals surface area contributed by atoms with Crippen LogP contribution in [0, 0.1) is 0 Å². The van der Waals surface area contributed by atoms with Gasteiger partial charge in [-0.2, -0.15) is 0 Å². The van der Waals surface area contributed by atoms with Crippen molar-refractivity contribution in [1.29, 1.82) is 0 Å². The van der Waals surface area contributed by atoms with Crippen molar-refractivity contribution < 1.29 is 0 Å². The molecule has 434 valence electrons. The van der Waals surface area contributed by atoms with Crippen molar-refractivity contribution in [2.24, 2.45) is 0 Å². The summed E-state index contributed by atoms with van der Waals surface area (Å²) in [6.45, 7) is 28.7. The first-order chi connectivity index (χ1) is 40.2. The molecule has 11 aromatic rings. The quantitative estimate of drug-likeness (QED) is 0.157. The first kappa shape index (κ1) is 54.8. The number of rotatable bonds is 6. The summed E-state index contributed by atoms with van der Waals surface area (Å²) in [6, 6.07) is 41.9. The molecule has 0 unspecified atom stereocenters. The van der Waals surface area contributed by atoms with Gasteiger partial charge >= 0.3 is 0 Å². The fourth-order valence-corrected chi connectivity index (χ4v) is 17.5. The zero-order valence-electron chi connectivity index (χ0n) is 53.6. The van der Waals surface area contributed by atoms with Gasteiger partial charge in [0.1, 0.15) is 0 Å². The monoisotopic (exact) mass is 1110 g/mol. The van der Waals surface area contributed by atoms with Gasteiger partial charge in [-0.25, -0.2) is 0 Å². The lowest BCUT2D eigenvalue weighted by molar-refractivity contribution is 0.437. The molecule has 0 spiro atoms. The Hall–Kier alpha value is -5.86. The fourth-order valence-electron chi connectivity index (χ4n) is 17.5. The standard InChI is InChI=1S/C82H96N2/c1-79(2,3)59-37-55(38-60(47-59)80(4,5)6)53-33-35-63-69(45-53)83-75-65(51-29-21-15-22-30-51)41-57(49-25-17-13-18-26-49)43-67(75)74-72-64-36-34-54(56-39-61(81(7,8)9)48-62(40-56)82(10,11)12)46-70(64)84-76-66(52-31-23-16-24-32-52)42-58(50-27-19-14-20-28-50)44-68(76)73(78(72)84)71(63)77(74)83/h33-52H,13-32H2,1-12H3. The number of hydrogen-bond donors (Lipinski definition) is 0. The number of fused-ring (bicyclic) bond motifs is 14. The number of benzene rings is 7. The second-order valence-electron chi connectivity index (χ2n) is 32.3. The molecule has 2 heteroatoms. The molecule has 7 aromatic carbocycles. The average molecular weight is 1110 g/mol. The molecule has 0 saturated heterocycles. The highest BCUT2D eigenvalue weighted by atomic mass is 15.0. The van der Waals surface area contributed by atoms with Gasteiger partial charge in [-0.05, 0) is 188 Å². The van der Waals surface area contributed by atoms with Crippen molar-refractivity contribution in [3.63, 3.8) is 0 Å². The third-order valence-electron chi connectivity index (χ3n) is 22.5. The summed E-state index contributed by atoms with van der Waals surface area (Å²) in [5, 5.41) is 11.9. The average Bonchev–Trinajstić information content (AvgIpc) is 1.49. The molecule has 0 amide bonds. The Kier molecular flexibility index (Phi) is 12.9. The maximum atomic E-state index is 2.91. The van der Waals surface area contributed by atoms with E-state index in [0.717, 1.165) is 0 Å². The minimum absolute atomic E-state index is 0.0243. The molecule has 0 radical (unpaired) electrons. The highest BCUT2D eigenvalue weighted by Crippen LogP contribution is 2.57. The second kappa shape index (κ2) is 19.8. The molecule has 0 bridgehead atoms. The van der Waals surface area contributed by atoms with Crippen molar-refractivity contribution in [2.75, 3.05) is 0 Å². The smallest absolute Gasteiger partial charge is 0.0634 e. The minimum atomic E-state index is 0.0243. The van der Waals surface area contributed by atoms with E-state index in [1.54, 1.807) is 22.3 Å². The highest BCUT2D eigenvalue weighted by Gasteiger charge is 2.35. The third kappa shape index (κ3) is 8.87. The van der Waals surface area contributed by atoms with Gasteiger partial charge in [-0.1, -0.05) is 233 Å². The van der Waals surface area contributed by atoms with Crippen LogP contribution in [-0.4, -0.2) is 8.80 Å². The summed E-state index contributed by atoms with van der Waals surface area (Å²) in [4.78, 5) is 0. The van der Waals surface area contributed by atoms with E-state index in [4.69, 9.17) is 0 Å². The molecule has 84 heavy (non-hydrogen) atoms. The van der Waals surface area contributed by atoms with Crippen molar-refractivity contribution >= 4 is 76.2 Å². The zero-order valence-corrected chi connectivity index (χ0v) is 53.6. The lowest BCUT2D eigenvalue weighted by atomic mass is 9.78. The van der Waals surface area contributed by atoms with Gasteiger partial charge in [0.25, 0.3) is 0 Å². The molecule has 4 aliphatic carbocycles. The van der Waals surface area contributed by atoms with Crippen molar-refractivity contribution in [2.45, 2.75) is 257 Å². The summed E-state index contributed by atoms with van der Waals surface area (Å²) in [6.07, 6.45) is 26.6. The van der Waals surface area contributed by atoms with E-state index >= 15 is 0 Å². The van der Waals surface area contributed by atoms with Gasteiger partial charge in [-0.3, -0.25) is 0 Å². The van der Waals surface area contributed by atoms with Gasteiger partial charge in [-0.15, -0.1) is 0 Å². The first-order valence-electron chi connectivity index (χ1n) is 34.0. The highest BCUT2D eigenvalue weighted by molar-refractivity contribution is 6.45. The van der Waals surface area contributed by atoms with Gasteiger partial charge in [0.05, 0.1) is 33.1 Å². The minimum Gasteiger partial charge on any atom is -0.308 e. The maximum absolute atomic E-state index is 2.91. The SMILES string of the molecule is CC(C)(C)c1cc(-c2ccc3c4c5c6cc(C7CCCCC7)cc(C7CCCCC7)c6n6c7cc(-c8cc(C(C)(C)C)cc(C(C)(C)C)c8)ccc7c(c7c8cc(C9CCCCC9)cc(C9CCCCC9)c8n(c3c2)c47)c56)cc(C(C)(C)C)c1. The summed E-state index contributed by atoms with van der Waals surface area (Å²) >= 11 is 0.